The molecule has 0 saturated heterocycles. The van der Waals surface area contributed by atoms with Crippen molar-refractivity contribution in [3.05, 3.63) is 83.6 Å². The lowest BCUT2D eigenvalue weighted by atomic mass is 10.1. The Balaban J connectivity index is 1.75. The first kappa shape index (κ1) is 17.5. The Morgan fingerprint density at radius 1 is 1.04 bits per heavy atom. The lowest BCUT2D eigenvalue weighted by molar-refractivity contribution is 0.601. The maximum atomic E-state index is 13.1. The summed E-state index contributed by atoms with van der Waals surface area (Å²) in [5, 5.41) is 9.65. The van der Waals surface area contributed by atoms with E-state index in [1.165, 1.54) is 0 Å². The van der Waals surface area contributed by atoms with Crippen molar-refractivity contribution >= 4 is 38.1 Å². The predicted octanol–water partition coefficient (Wildman–Crippen LogP) is 3.93. The zero-order valence-corrected chi connectivity index (χ0v) is 15.7. The number of anilines is 1. The summed E-state index contributed by atoms with van der Waals surface area (Å²) in [6, 6.07) is 17.6. The second kappa shape index (κ2) is 7.02. The molecule has 0 spiro atoms. The summed E-state index contributed by atoms with van der Waals surface area (Å²) in [4.78, 5) is 0.215. The Hall–Kier alpha value is -2.90. The number of fused-ring (bicyclic) bond motifs is 1. The molecule has 0 fully saturated rings. The average Bonchev–Trinajstić information content (AvgIpc) is 3.16. The van der Waals surface area contributed by atoms with E-state index in [2.05, 4.69) is 15.0 Å². The largest absolute Gasteiger partial charge is 0.279 e. The van der Waals surface area contributed by atoms with E-state index in [-0.39, 0.29) is 4.90 Å². The lowest BCUT2D eigenvalue weighted by Crippen LogP contribution is -2.15. The van der Waals surface area contributed by atoms with E-state index in [0.717, 1.165) is 10.9 Å². The van der Waals surface area contributed by atoms with Crippen LogP contribution in [-0.2, 0) is 16.6 Å². The molecule has 1 heterocycles. The van der Waals surface area contributed by atoms with Gasteiger partial charge in [0.25, 0.3) is 10.0 Å². The number of hydrogen-bond donors (Lipinski definition) is 1. The van der Waals surface area contributed by atoms with Gasteiger partial charge < -0.3 is 0 Å². The van der Waals surface area contributed by atoms with Gasteiger partial charge in [-0.3, -0.25) is 4.72 Å². The summed E-state index contributed by atoms with van der Waals surface area (Å²) in [6.07, 6.45) is 3.27. The summed E-state index contributed by atoms with van der Waals surface area (Å²) in [6.45, 7) is 0.366. The molecule has 0 amide bonds. The molecule has 6 nitrogen and oxygen atoms in total. The van der Waals surface area contributed by atoms with E-state index in [1.807, 2.05) is 24.3 Å². The van der Waals surface area contributed by atoms with Crippen molar-refractivity contribution in [2.24, 2.45) is 0 Å². The molecule has 0 atom stereocenters. The maximum Gasteiger partial charge on any atom is 0.262 e. The van der Waals surface area contributed by atoms with Crippen molar-refractivity contribution in [1.82, 2.24) is 15.0 Å². The van der Waals surface area contributed by atoms with Crippen molar-refractivity contribution in [1.29, 1.82) is 0 Å². The van der Waals surface area contributed by atoms with Gasteiger partial charge in [-0.1, -0.05) is 59.3 Å². The van der Waals surface area contributed by atoms with Crippen LogP contribution >= 0.6 is 11.6 Å². The van der Waals surface area contributed by atoms with E-state index in [4.69, 9.17) is 11.6 Å². The first-order chi connectivity index (χ1) is 13.0. The molecular weight excluding hydrogens is 384 g/mol. The summed E-state index contributed by atoms with van der Waals surface area (Å²) >= 11 is 6.10. The highest BCUT2D eigenvalue weighted by Gasteiger charge is 2.19. The topological polar surface area (TPSA) is 76.9 Å². The van der Waals surface area contributed by atoms with Crippen LogP contribution in [0, 0.1) is 0 Å². The van der Waals surface area contributed by atoms with E-state index in [1.54, 1.807) is 53.5 Å². The summed E-state index contributed by atoms with van der Waals surface area (Å²) < 4.78 is 30.5. The first-order valence-electron chi connectivity index (χ1n) is 8.16. The molecule has 0 unspecified atom stereocenters. The Morgan fingerprint density at radius 2 is 1.85 bits per heavy atom. The van der Waals surface area contributed by atoms with Crippen molar-refractivity contribution in [3.63, 3.8) is 0 Å². The van der Waals surface area contributed by atoms with Gasteiger partial charge in [0.15, 0.2) is 0 Å². The maximum absolute atomic E-state index is 13.1. The number of halogens is 1. The zero-order chi connectivity index (χ0) is 18.9. The Bertz CT molecular complexity index is 1200. The van der Waals surface area contributed by atoms with Gasteiger partial charge in [0.05, 0.1) is 23.3 Å². The van der Waals surface area contributed by atoms with Crippen LogP contribution in [0.3, 0.4) is 0 Å². The fourth-order valence-electron chi connectivity index (χ4n) is 2.90. The average molecular weight is 399 g/mol. The van der Waals surface area contributed by atoms with Gasteiger partial charge in [-0.15, -0.1) is 5.10 Å². The van der Waals surface area contributed by atoms with Gasteiger partial charge in [0, 0.05) is 16.6 Å². The van der Waals surface area contributed by atoms with Crippen molar-refractivity contribution in [3.8, 4) is 0 Å². The first-order valence-corrected chi connectivity index (χ1v) is 10.0. The second-order valence-corrected chi connectivity index (χ2v) is 8.07. The van der Waals surface area contributed by atoms with Crippen molar-refractivity contribution < 1.29 is 8.42 Å². The number of nitrogens with zero attached hydrogens (tertiary/aromatic N) is 3. The molecule has 0 radical (unpaired) electrons. The molecule has 136 valence electrons. The number of sulfonamides is 1. The molecule has 1 N–H and O–H groups in total. The minimum absolute atomic E-state index is 0.215. The van der Waals surface area contributed by atoms with E-state index < -0.39 is 10.0 Å². The van der Waals surface area contributed by atoms with Crippen LogP contribution in [0.2, 0.25) is 5.02 Å². The van der Waals surface area contributed by atoms with Crippen LogP contribution < -0.4 is 4.72 Å². The van der Waals surface area contributed by atoms with Gasteiger partial charge in [-0.2, -0.15) is 0 Å². The van der Waals surface area contributed by atoms with Crippen LogP contribution in [0.4, 0.5) is 5.69 Å². The molecule has 0 aliphatic rings. The standard InChI is InChI=1S/C19H15ClN4O2S/c20-16-9-8-15(13-24-11-10-21-23-24)18(12-16)22-27(25,26)19-7-3-5-14-4-1-2-6-17(14)19/h1-12,22H,13H2. The fraction of sp³-hybridized carbons (Fsp3) is 0.0526. The minimum atomic E-state index is -3.81. The summed E-state index contributed by atoms with van der Waals surface area (Å²) in [7, 11) is -3.81. The lowest BCUT2D eigenvalue weighted by Gasteiger charge is -2.14. The Morgan fingerprint density at radius 3 is 2.67 bits per heavy atom. The molecule has 0 saturated carbocycles. The quantitative estimate of drug-likeness (QED) is 0.552. The van der Waals surface area contributed by atoms with Crippen LogP contribution in [-0.4, -0.2) is 23.4 Å². The molecule has 8 heteroatoms. The smallest absolute Gasteiger partial charge is 0.262 e. The highest BCUT2D eigenvalue weighted by atomic mass is 35.5. The third kappa shape index (κ3) is 3.65. The molecule has 1 aromatic heterocycles. The Kier molecular flexibility index (Phi) is 4.55. The van der Waals surface area contributed by atoms with Crippen molar-refractivity contribution in [2.45, 2.75) is 11.4 Å². The normalized spacial score (nSPS) is 11.6. The van der Waals surface area contributed by atoms with Gasteiger partial charge in [0.1, 0.15) is 0 Å². The van der Waals surface area contributed by atoms with E-state index in [9.17, 15) is 8.42 Å². The third-order valence-corrected chi connectivity index (χ3v) is 5.82. The number of nitrogens with one attached hydrogen (secondary N) is 1. The van der Waals surface area contributed by atoms with Crippen LogP contribution in [0.25, 0.3) is 10.8 Å². The molecule has 27 heavy (non-hydrogen) atoms. The zero-order valence-electron chi connectivity index (χ0n) is 14.1. The summed E-state index contributed by atoms with van der Waals surface area (Å²) in [5.41, 5.74) is 1.14. The van der Waals surface area contributed by atoms with Gasteiger partial charge in [0.2, 0.25) is 0 Å². The highest BCUT2D eigenvalue weighted by molar-refractivity contribution is 7.93. The Labute approximate surface area is 161 Å². The summed E-state index contributed by atoms with van der Waals surface area (Å²) in [5.74, 6) is 0. The van der Waals surface area contributed by atoms with E-state index >= 15 is 0 Å². The highest BCUT2D eigenvalue weighted by Crippen LogP contribution is 2.28. The molecule has 3 aromatic carbocycles. The SMILES string of the molecule is O=S(=O)(Nc1cc(Cl)ccc1Cn1ccnn1)c1cccc2ccccc12. The third-order valence-electron chi connectivity index (χ3n) is 4.16. The van der Waals surface area contributed by atoms with Crippen LogP contribution in [0.1, 0.15) is 5.56 Å². The van der Waals surface area contributed by atoms with Crippen LogP contribution in [0.15, 0.2) is 78.0 Å². The molecule has 0 aliphatic heterocycles. The monoisotopic (exact) mass is 398 g/mol. The molecule has 4 rings (SSSR count). The van der Waals surface area contributed by atoms with Gasteiger partial charge in [-0.05, 0) is 29.1 Å². The predicted molar refractivity (Wildman–Crippen MR) is 105 cm³/mol. The van der Waals surface area contributed by atoms with E-state index in [0.29, 0.717) is 22.6 Å². The molecule has 0 bridgehead atoms. The van der Waals surface area contributed by atoms with Gasteiger partial charge >= 0.3 is 0 Å². The van der Waals surface area contributed by atoms with Crippen LogP contribution in [0.5, 0.6) is 0 Å². The number of benzene rings is 3. The minimum Gasteiger partial charge on any atom is -0.279 e. The second-order valence-electron chi connectivity index (χ2n) is 5.98. The fourth-order valence-corrected chi connectivity index (χ4v) is 4.40. The number of hydrogen-bond acceptors (Lipinski definition) is 4. The number of aromatic nitrogens is 3. The van der Waals surface area contributed by atoms with Gasteiger partial charge in [-0.25, -0.2) is 13.1 Å². The molecule has 0 aliphatic carbocycles. The number of rotatable bonds is 5. The molecule has 4 aromatic rings. The van der Waals surface area contributed by atoms with Crippen molar-refractivity contribution in [2.75, 3.05) is 4.72 Å². The molecular formula is C19H15ClN4O2S.